The van der Waals surface area contributed by atoms with Crippen molar-refractivity contribution in [1.29, 1.82) is 0 Å². The van der Waals surface area contributed by atoms with Crippen LogP contribution in [0, 0.1) is 0 Å². The molecule has 1 aliphatic heterocycles. The fourth-order valence-electron chi connectivity index (χ4n) is 1.93. The minimum absolute atomic E-state index is 0.0936. The Labute approximate surface area is 124 Å². The van der Waals surface area contributed by atoms with E-state index < -0.39 is 24.3 Å². The smallest absolute Gasteiger partial charge is 0.478 e. The van der Waals surface area contributed by atoms with Gasteiger partial charge in [-0.05, 0) is 45.9 Å². The highest BCUT2D eigenvalue weighted by atomic mass is 16.7. The largest absolute Gasteiger partial charge is 0.487 e. The molecule has 0 unspecified atom stereocenters. The number of nitrogens with two attached hydrogens (primary N) is 1. The molecular weight excluding hydrogens is 271 g/mol. The second-order valence-electron chi connectivity index (χ2n) is 5.99. The molecule has 3 N–H and O–H groups in total. The molecule has 1 aliphatic rings. The van der Waals surface area contributed by atoms with Crippen LogP contribution in [-0.4, -0.2) is 34.4 Å². The Morgan fingerprint density at radius 2 is 1.86 bits per heavy atom. The molecule has 1 aromatic rings. The Kier molecular flexibility index (Phi) is 3.82. The molecule has 0 radical (unpaired) electrons. The van der Waals surface area contributed by atoms with Crippen molar-refractivity contribution >= 4 is 25.0 Å². The van der Waals surface area contributed by atoms with Crippen molar-refractivity contribution < 1.29 is 19.2 Å². The lowest BCUT2D eigenvalue weighted by Gasteiger charge is -2.32. The number of hydrogen-bond acceptors (Lipinski definition) is 5. The van der Waals surface area contributed by atoms with Gasteiger partial charge in [0.25, 0.3) is 0 Å². The van der Waals surface area contributed by atoms with Crippen LogP contribution in [0.25, 0.3) is 6.08 Å². The summed E-state index contributed by atoms with van der Waals surface area (Å²) >= 11 is 0. The number of hydrogen-bond donors (Lipinski definition) is 2. The van der Waals surface area contributed by atoms with Gasteiger partial charge in [-0.15, -0.1) is 0 Å². The van der Waals surface area contributed by atoms with Gasteiger partial charge in [0.05, 0.1) is 22.5 Å². The quantitative estimate of drug-likeness (QED) is 0.827. The summed E-state index contributed by atoms with van der Waals surface area (Å²) in [6.07, 6.45) is 1.64. The van der Waals surface area contributed by atoms with Gasteiger partial charge in [0.1, 0.15) is 5.82 Å². The van der Waals surface area contributed by atoms with Gasteiger partial charge in [-0.3, -0.25) is 0 Å². The van der Waals surface area contributed by atoms with E-state index in [0.717, 1.165) is 0 Å². The summed E-state index contributed by atoms with van der Waals surface area (Å²) in [5.41, 5.74) is 5.30. The summed E-state index contributed by atoms with van der Waals surface area (Å²) in [5.74, 6) is 0.807. The van der Waals surface area contributed by atoms with E-state index in [1.54, 1.807) is 12.1 Å². The molecule has 6 nitrogen and oxygen atoms in total. The molecule has 0 bridgehead atoms. The fourth-order valence-corrected chi connectivity index (χ4v) is 1.93. The van der Waals surface area contributed by atoms with Crippen molar-refractivity contribution in [3.8, 4) is 0 Å². The molecule has 0 amide bonds. The van der Waals surface area contributed by atoms with Crippen LogP contribution in [0.15, 0.2) is 18.1 Å². The van der Waals surface area contributed by atoms with Crippen molar-refractivity contribution in [3.05, 3.63) is 29.4 Å². The van der Waals surface area contributed by atoms with Crippen molar-refractivity contribution in [2.45, 2.75) is 38.9 Å². The number of nitrogens with zero attached hydrogens (tertiary/aromatic N) is 1. The lowest BCUT2D eigenvalue weighted by molar-refractivity contribution is 0.00578. The van der Waals surface area contributed by atoms with Crippen LogP contribution >= 0.6 is 0 Å². The van der Waals surface area contributed by atoms with Gasteiger partial charge in [-0.1, -0.05) is 5.98 Å². The molecule has 0 aromatic carbocycles. The number of carboxylic acid groups (broad SMARTS) is 1. The minimum Gasteiger partial charge on any atom is -0.478 e. The standard InChI is InChI=1S/C14H19BN2O4/c1-13(2)14(3,4)21-15(20-13)6-5-10-7-9(12(18)19)8-11(16)17-10/h5-8H,1-4H3,(H2,16,17)(H,18,19)/b6-5+. The zero-order valence-corrected chi connectivity index (χ0v) is 12.6. The number of pyridine rings is 1. The number of aromatic nitrogens is 1. The molecule has 1 aromatic heterocycles. The zero-order chi connectivity index (χ0) is 15.8. The van der Waals surface area contributed by atoms with E-state index in [9.17, 15) is 4.79 Å². The van der Waals surface area contributed by atoms with E-state index in [4.69, 9.17) is 20.1 Å². The Balaban J connectivity index is 2.18. The van der Waals surface area contributed by atoms with Crippen molar-refractivity contribution in [2.24, 2.45) is 0 Å². The van der Waals surface area contributed by atoms with Gasteiger partial charge in [-0.25, -0.2) is 9.78 Å². The molecule has 0 saturated carbocycles. The maximum atomic E-state index is 11.0. The number of aromatic carboxylic acids is 1. The molecule has 1 fully saturated rings. The Morgan fingerprint density at radius 3 is 2.38 bits per heavy atom. The predicted molar refractivity (Wildman–Crippen MR) is 80.7 cm³/mol. The first-order valence-electron chi connectivity index (χ1n) is 6.65. The maximum absolute atomic E-state index is 11.0. The van der Waals surface area contributed by atoms with E-state index in [-0.39, 0.29) is 11.4 Å². The van der Waals surface area contributed by atoms with E-state index >= 15 is 0 Å². The first-order valence-corrected chi connectivity index (χ1v) is 6.65. The van der Waals surface area contributed by atoms with Gasteiger partial charge in [0.15, 0.2) is 0 Å². The van der Waals surface area contributed by atoms with Crippen LogP contribution in [0.5, 0.6) is 0 Å². The summed E-state index contributed by atoms with van der Waals surface area (Å²) in [6.45, 7) is 7.84. The first-order chi connectivity index (χ1) is 9.60. The first kappa shape index (κ1) is 15.5. The summed E-state index contributed by atoms with van der Waals surface area (Å²) in [5, 5.41) is 8.99. The zero-order valence-electron chi connectivity index (χ0n) is 12.6. The average Bonchev–Trinajstić information content (AvgIpc) is 2.54. The van der Waals surface area contributed by atoms with E-state index in [1.807, 2.05) is 27.7 Å². The number of carbonyl (C=O) groups is 1. The highest BCUT2D eigenvalue weighted by Gasteiger charge is 2.49. The van der Waals surface area contributed by atoms with Crippen LogP contribution in [0.3, 0.4) is 0 Å². The van der Waals surface area contributed by atoms with E-state index in [0.29, 0.717) is 5.69 Å². The lowest BCUT2D eigenvalue weighted by atomic mass is 9.89. The van der Waals surface area contributed by atoms with Crippen molar-refractivity contribution in [3.63, 3.8) is 0 Å². The molecular formula is C14H19BN2O4. The van der Waals surface area contributed by atoms with Crippen LogP contribution in [0.2, 0.25) is 0 Å². The Hall–Kier alpha value is -1.86. The molecule has 21 heavy (non-hydrogen) atoms. The van der Waals surface area contributed by atoms with Gasteiger partial charge in [0, 0.05) is 0 Å². The SMILES string of the molecule is CC1(C)OB(/C=C/c2cc(C(=O)O)cc(N)n2)OC1(C)C. The topological polar surface area (TPSA) is 94.7 Å². The van der Waals surface area contributed by atoms with Crippen LogP contribution < -0.4 is 5.73 Å². The number of rotatable bonds is 3. The van der Waals surface area contributed by atoms with E-state index in [1.165, 1.54) is 12.1 Å². The summed E-state index contributed by atoms with van der Waals surface area (Å²) in [7, 11) is -0.508. The van der Waals surface area contributed by atoms with Gasteiger partial charge < -0.3 is 20.1 Å². The van der Waals surface area contributed by atoms with Crippen molar-refractivity contribution in [2.75, 3.05) is 5.73 Å². The Bertz CT molecular complexity index is 583. The van der Waals surface area contributed by atoms with Gasteiger partial charge >= 0.3 is 13.1 Å². The van der Waals surface area contributed by atoms with Crippen LogP contribution in [0.1, 0.15) is 43.7 Å². The molecule has 0 aliphatic carbocycles. The van der Waals surface area contributed by atoms with Crippen molar-refractivity contribution in [1.82, 2.24) is 4.98 Å². The second-order valence-corrected chi connectivity index (χ2v) is 5.99. The van der Waals surface area contributed by atoms with Crippen LogP contribution in [0.4, 0.5) is 5.82 Å². The van der Waals surface area contributed by atoms with Crippen LogP contribution in [-0.2, 0) is 9.31 Å². The number of nitrogen functional groups attached to an aromatic ring is 1. The lowest BCUT2D eigenvalue weighted by Crippen LogP contribution is -2.41. The number of anilines is 1. The summed E-state index contributed by atoms with van der Waals surface area (Å²) in [4.78, 5) is 15.0. The monoisotopic (exact) mass is 290 g/mol. The molecule has 1 saturated heterocycles. The average molecular weight is 290 g/mol. The fraction of sp³-hybridized carbons (Fsp3) is 0.429. The van der Waals surface area contributed by atoms with Gasteiger partial charge in [-0.2, -0.15) is 0 Å². The summed E-state index contributed by atoms with van der Waals surface area (Å²) in [6, 6.07) is 2.76. The minimum atomic E-state index is -1.05. The maximum Gasteiger partial charge on any atom is 0.487 e. The third-order valence-corrected chi connectivity index (χ3v) is 3.81. The third kappa shape index (κ3) is 3.25. The second kappa shape index (κ2) is 5.16. The molecule has 7 heteroatoms. The van der Waals surface area contributed by atoms with E-state index in [2.05, 4.69) is 4.98 Å². The molecule has 2 heterocycles. The summed E-state index contributed by atoms with van der Waals surface area (Å²) < 4.78 is 11.6. The predicted octanol–water partition coefficient (Wildman–Crippen LogP) is 2.01. The Morgan fingerprint density at radius 1 is 1.29 bits per heavy atom. The highest BCUT2D eigenvalue weighted by molar-refractivity contribution is 6.52. The molecule has 0 spiro atoms. The number of carboxylic acids is 1. The molecule has 2 rings (SSSR count). The third-order valence-electron chi connectivity index (χ3n) is 3.81. The van der Waals surface area contributed by atoms with Gasteiger partial charge in [0.2, 0.25) is 0 Å². The molecule has 0 atom stereocenters. The highest BCUT2D eigenvalue weighted by Crippen LogP contribution is 2.36. The molecule has 112 valence electrons. The normalized spacial score (nSPS) is 20.1.